The van der Waals surface area contributed by atoms with Crippen LogP contribution in [0, 0.1) is 0 Å². The zero-order chi connectivity index (χ0) is 18.9. The number of hydrogen-bond donors (Lipinski definition) is 1. The van der Waals surface area contributed by atoms with Crippen molar-refractivity contribution in [2.24, 2.45) is 0 Å². The van der Waals surface area contributed by atoms with Crippen molar-refractivity contribution in [1.82, 2.24) is 4.31 Å². The maximum atomic E-state index is 12.4. The number of nitrogens with zero attached hydrogens (tertiary/aromatic N) is 1. The van der Waals surface area contributed by atoms with E-state index in [4.69, 9.17) is 0 Å². The minimum atomic E-state index is -3.50. The van der Waals surface area contributed by atoms with E-state index in [2.05, 4.69) is 10.1 Å². The predicted octanol–water partition coefficient (Wildman–Crippen LogP) is 1.95. The fraction of sp³-hybridized carbons (Fsp3) is 0.500. The second-order valence-corrected chi connectivity index (χ2v) is 8.08. The zero-order valence-corrected chi connectivity index (χ0v) is 16.3. The smallest absolute Gasteiger partial charge is 0.306 e. The number of amides is 1. The van der Waals surface area contributed by atoms with Gasteiger partial charge < -0.3 is 10.1 Å². The first-order chi connectivity index (χ1) is 11.8. The number of rotatable bonds is 10. The highest BCUT2D eigenvalue weighted by Gasteiger charge is 2.21. The molecule has 0 spiro atoms. The van der Waals surface area contributed by atoms with Gasteiger partial charge in [0.15, 0.2) is 0 Å². The number of benzene rings is 1. The summed E-state index contributed by atoms with van der Waals surface area (Å²) < 4.78 is 30.7. The summed E-state index contributed by atoms with van der Waals surface area (Å²) in [4.78, 5) is 23.0. The first-order valence-corrected chi connectivity index (χ1v) is 10.5. The molecule has 0 aromatic heterocycles. The first kappa shape index (κ1) is 21.5. The number of nitrogens with one attached hydrogen (secondary N) is 1. The molecule has 25 heavy (non-hydrogen) atoms. The monoisotopic (exact) mass is 388 g/mol. The lowest BCUT2D eigenvalue weighted by molar-refractivity contribution is -0.140. The summed E-state index contributed by atoms with van der Waals surface area (Å²) in [6, 6.07) is 6.09. The van der Waals surface area contributed by atoms with Gasteiger partial charge in [-0.15, -0.1) is 0 Å². The van der Waals surface area contributed by atoms with Gasteiger partial charge in [-0.2, -0.15) is 16.1 Å². The van der Waals surface area contributed by atoms with Crippen LogP contribution < -0.4 is 5.32 Å². The summed E-state index contributed by atoms with van der Waals surface area (Å²) in [5.74, 6) is 0.185. The summed E-state index contributed by atoms with van der Waals surface area (Å²) in [6.45, 7) is 4.38. The standard InChI is InChI=1S/C16H24N2O5S2/c1-4-18(5-2)25(21,22)14-8-6-13(7-9-14)17-15(19)12-24-11-10-16(20)23-3/h6-9H,4-5,10-12H2,1-3H3,(H,17,19). The Morgan fingerprint density at radius 2 is 1.76 bits per heavy atom. The van der Waals surface area contributed by atoms with E-state index in [0.29, 0.717) is 24.5 Å². The van der Waals surface area contributed by atoms with Gasteiger partial charge in [-0.25, -0.2) is 8.42 Å². The fourth-order valence-electron chi connectivity index (χ4n) is 2.04. The highest BCUT2D eigenvalue weighted by Crippen LogP contribution is 2.18. The largest absolute Gasteiger partial charge is 0.469 e. The number of ether oxygens (including phenoxy) is 1. The third-order valence-electron chi connectivity index (χ3n) is 3.39. The molecule has 9 heteroatoms. The number of hydrogen-bond acceptors (Lipinski definition) is 6. The number of carbonyl (C=O) groups is 2. The predicted molar refractivity (Wildman–Crippen MR) is 99.1 cm³/mol. The van der Waals surface area contributed by atoms with Crippen LogP contribution >= 0.6 is 11.8 Å². The normalized spacial score (nSPS) is 11.4. The summed E-state index contributed by atoms with van der Waals surface area (Å²) in [7, 11) is -2.18. The van der Waals surface area contributed by atoms with Crippen molar-refractivity contribution in [1.29, 1.82) is 0 Å². The van der Waals surface area contributed by atoms with Gasteiger partial charge >= 0.3 is 5.97 Å². The molecule has 0 unspecified atom stereocenters. The molecule has 0 radical (unpaired) electrons. The third-order valence-corrected chi connectivity index (χ3v) is 6.42. The Bertz CT molecular complexity index is 670. The van der Waals surface area contributed by atoms with Crippen LogP contribution in [0.2, 0.25) is 0 Å². The van der Waals surface area contributed by atoms with E-state index in [1.165, 1.54) is 35.3 Å². The third kappa shape index (κ3) is 6.68. The van der Waals surface area contributed by atoms with Crippen LogP contribution in [-0.4, -0.2) is 56.3 Å². The Labute approximate surface area is 153 Å². The quantitative estimate of drug-likeness (QED) is 0.486. The van der Waals surface area contributed by atoms with Gasteiger partial charge in [0.05, 0.1) is 24.2 Å². The molecule has 140 valence electrons. The minimum Gasteiger partial charge on any atom is -0.469 e. The van der Waals surface area contributed by atoms with Gasteiger partial charge in [0.25, 0.3) is 0 Å². The van der Waals surface area contributed by atoms with Crippen molar-refractivity contribution in [3.63, 3.8) is 0 Å². The maximum absolute atomic E-state index is 12.4. The molecule has 0 aliphatic carbocycles. The minimum absolute atomic E-state index is 0.196. The van der Waals surface area contributed by atoms with Crippen LogP contribution in [0.3, 0.4) is 0 Å². The average molecular weight is 389 g/mol. The molecule has 0 saturated carbocycles. The average Bonchev–Trinajstić information content (AvgIpc) is 2.59. The lowest BCUT2D eigenvalue weighted by atomic mass is 10.3. The van der Waals surface area contributed by atoms with E-state index < -0.39 is 10.0 Å². The Morgan fingerprint density at radius 3 is 2.28 bits per heavy atom. The molecular weight excluding hydrogens is 364 g/mol. The highest BCUT2D eigenvalue weighted by molar-refractivity contribution is 7.99. The number of carbonyl (C=O) groups excluding carboxylic acids is 2. The number of sulfonamides is 1. The molecule has 0 aliphatic heterocycles. The second-order valence-electron chi connectivity index (χ2n) is 5.04. The van der Waals surface area contributed by atoms with Crippen molar-refractivity contribution in [2.45, 2.75) is 25.2 Å². The van der Waals surface area contributed by atoms with Crippen molar-refractivity contribution in [2.75, 3.05) is 37.0 Å². The molecule has 1 rings (SSSR count). The fourth-order valence-corrected chi connectivity index (χ4v) is 4.21. The molecule has 1 N–H and O–H groups in total. The molecule has 0 aliphatic rings. The Hall–Kier alpha value is -1.58. The number of thioether (sulfide) groups is 1. The summed E-state index contributed by atoms with van der Waals surface area (Å²) >= 11 is 1.33. The van der Waals surface area contributed by atoms with E-state index in [1.54, 1.807) is 26.0 Å². The van der Waals surface area contributed by atoms with Crippen molar-refractivity contribution in [3.05, 3.63) is 24.3 Å². The molecular formula is C16H24N2O5S2. The van der Waals surface area contributed by atoms with Crippen molar-refractivity contribution < 1.29 is 22.7 Å². The highest BCUT2D eigenvalue weighted by atomic mass is 32.2. The Balaban J connectivity index is 2.57. The molecule has 0 heterocycles. The second kappa shape index (κ2) is 10.4. The summed E-state index contributed by atoms with van der Waals surface area (Å²) in [5, 5.41) is 2.70. The van der Waals surface area contributed by atoms with Gasteiger partial charge in [0, 0.05) is 24.5 Å². The Morgan fingerprint density at radius 1 is 1.16 bits per heavy atom. The number of esters is 1. The molecule has 7 nitrogen and oxygen atoms in total. The zero-order valence-electron chi connectivity index (χ0n) is 14.6. The van der Waals surface area contributed by atoms with Crippen LogP contribution in [0.25, 0.3) is 0 Å². The van der Waals surface area contributed by atoms with Gasteiger partial charge in [-0.05, 0) is 24.3 Å². The molecule has 1 amide bonds. The molecule has 0 saturated heterocycles. The summed E-state index contributed by atoms with van der Waals surface area (Å²) in [6.07, 6.45) is 0.256. The number of anilines is 1. The van der Waals surface area contributed by atoms with E-state index >= 15 is 0 Å². The molecule has 0 atom stereocenters. The molecule has 0 fully saturated rings. The lowest BCUT2D eigenvalue weighted by Crippen LogP contribution is -2.30. The topological polar surface area (TPSA) is 92.8 Å². The SMILES string of the molecule is CCN(CC)S(=O)(=O)c1ccc(NC(=O)CSCCC(=O)OC)cc1. The van der Waals surface area contributed by atoms with E-state index in [9.17, 15) is 18.0 Å². The van der Waals surface area contributed by atoms with Crippen LogP contribution in [0.1, 0.15) is 20.3 Å². The van der Waals surface area contributed by atoms with Crippen LogP contribution in [0.15, 0.2) is 29.2 Å². The van der Waals surface area contributed by atoms with E-state index in [-0.39, 0.29) is 28.9 Å². The van der Waals surface area contributed by atoms with Crippen LogP contribution in [0.5, 0.6) is 0 Å². The van der Waals surface area contributed by atoms with E-state index in [1.807, 2.05) is 0 Å². The first-order valence-electron chi connectivity index (χ1n) is 7.89. The molecule has 1 aromatic carbocycles. The summed E-state index contributed by atoms with van der Waals surface area (Å²) in [5.41, 5.74) is 0.525. The van der Waals surface area contributed by atoms with Crippen molar-refractivity contribution in [3.8, 4) is 0 Å². The van der Waals surface area contributed by atoms with E-state index in [0.717, 1.165) is 0 Å². The van der Waals surface area contributed by atoms with Gasteiger partial charge in [0.2, 0.25) is 15.9 Å². The Kier molecular flexibility index (Phi) is 8.95. The molecule has 1 aromatic rings. The van der Waals surface area contributed by atoms with Crippen LogP contribution in [0.4, 0.5) is 5.69 Å². The van der Waals surface area contributed by atoms with Gasteiger partial charge in [0.1, 0.15) is 0 Å². The van der Waals surface area contributed by atoms with Gasteiger partial charge in [-0.3, -0.25) is 9.59 Å². The van der Waals surface area contributed by atoms with Crippen molar-refractivity contribution >= 4 is 39.3 Å². The maximum Gasteiger partial charge on any atom is 0.306 e. The lowest BCUT2D eigenvalue weighted by Gasteiger charge is -2.18. The number of methoxy groups -OCH3 is 1. The van der Waals surface area contributed by atoms with Crippen LogP contribution in [-0.2, 0) is 24.3 Å². The van der Waals surface area contributed by atoms with Gasteiger partial charge in [-0.1, -0.05) is 13.8 Å². The molecule has 0 bridgehead atoms.